The molecule has 7 nitrogen and oxygen atoms in total. The molecule has 0 spiro atoms. The molecule has 0 heterocycles. The second-order valence-electron chi connectivity index (χ2n) is 11.1. The van der Waals surface area contributed by atoms with Gasteiger partial charge in [0, 0.05) is 34.6 Å². The van der Waals surface area contributed by atoms with Crippen molar-refractivity contribution in [3.8, 4) is 0 Å². The molecular weight excluding hydrogens is 650 g/mol. The van der Waals surface area contributed by atoms with Gasteiger partial charge in [0.15, 0.2) is 0 Å². The Kier molecular flexibility index (Phi) is 11.4. The van der Waals surface area contributed by atoms with Gasteiger partial charge < -0.3 is 10.2 Å². The maximum atomic E-state index is 14.2. The Labute approximate surface area is 271 Å². The molecule has 1 saturated carbocycles. The number of rotatable bonds is 11. The van der Waals surface area contributed by atoms with Crippen LogP contribution in [0.25, 0.3) is 0 Å². The molecule has 1 aliphatic carbocycles. The summed E-state index contributed by atoms with van der Waals surface area (Å²) in [5.41, 5.74) is -0.345. The molecule has 1 aliphatic rings. The first-order valence-corrected chi connectivity index (χ1v) is 17.1. The predicted molar refractivity (Wildman–Crippen MR) is 170 cm³/mol. The van der Waals surface area contributed by atoms with Crippen LogP contribution < -0.4 is 9.62 Å². The van der Waals surface area contributed by atoms with Gasteiger partial charge in [-0.25, -0.2) is 8.42 Å². The Morgan fingerprint density at radius 3 is 2.16 bits per heavy atom. The third-order valence-corrected chi connectivity index (χ3v) is 9.60. The average Bonchev–Trinajstić information content (AvgIpc) is 2.99. The lowest BCUT2D eigenvalue weighted by Gasteiger charge is -2.35. The molecule has 1 fully saturated rings. The molecule has 45 heavy (non-hydrogen) atoms. The van der Waals surface area contributed by atoms with Crippen molar-refractivity contribution in [1.29, 1.82) is 0 Å². The topological polar surface area (TPSA) is 86.8 Å². The van der Waals surface area contributed by atoms with E-state index in [1.54, 1.807) is 42.5 Å². The number of amides is 2. The third-order valence-electron chi connectivity index (χ3n) is 7.75. The molecule has 0 unspecified atom stereocenters. The standard InChI is InChI=1S/C32H34Cl2F3N3O4S/c1-45(43,44)40(25-15-8-12-23(19-25)32(35,36)37)21-30(41)39(20-26-27(33)16-9-17-28(26)34)29(18-22-10-4-2-5-11-22)31(42)38-24-13-6-3-7-14-24/h2,4-5,8-12,15-17,19,24,29H,3,6-7,13-14,18,20-21H2,1H3,(H,38,42)/t29-/m0/s1. The Morgan fingerprint density at radius 2 is 1.56 bits per heavy atom. The van der Waals surface area contributed by atoms with Crippen molar-refractivity contribution in [1.82, 2.24) is 10.2 Å². The third kappa shape index (κ3) is 9.37. The Morgan fingerprint density at radius 1 is 0.933 bits per heavy atom. The maximum Gasteiger partial charge on any atom is 0.416 e. The molecule has 0 saturated heterocycles. The fourth-order valence-corrected chi connectivity index (χ4v) is 6.76. The van der Waals surface area contributed by atoms with E-state index < -0.39 is 46.2 Å². The zero-order valence-corrected chi connectivity index (χ0v) is 26.9. The first-order valence-electron chi connectivity index (χ1n) is 14.5. The highest BCUT2D eigenvalue weighted by Gasteiger charge is 2.36. The van der Waals surface area contributed by atoms with Crippen molar-refractivity contribution in [2.75, 3.05) is 17.1 Å². The maximum absolute atomic E-state index is 14.2. The van der Waals surface area contributed by atoms with Crippen molar-refractivity contribution in [3.05, 3.63) is 99.5 Å². The van der Waals surface area contributed by atoms with Crippen LogP contribution in [0.5, 0.6) is 0 Å². The number of halogens is 5. The van der Waals surface area contributed by atoms with Crippen molar-refractivity contribution in [2.45, 2.75) is 63.3 Å². The molecule has 4 rings (SSSR count). The highest BCUT2D eigenvalue weighted by molar-refractivity contribution is 7.92. The molecule has 3 aromatic carbocycles. The average molecular weight is 685 g/mol. The van der Waals surface area contributed by atoms with E-state index >= 15 is 0 Å². The first kappa shape index (κ1) is 34.6. The fourth-order valence-electron chi connectivity index (χ4n) is 5.40. The first-order chi connectivity index (χ1) is 21.2. The smallest absolute Gasteiger partial charge is 0.352 e. The monoisotopic (exact) mass is 683 g/mol. The number of carbonyl (C=O) groups excluding carboxylic acids is 2. The number of anilines is 1. The number of alkyl halides is 3. The molecule has 0 aliphatic heterocycles. The quantitative estimate of drug-likeness (QED) is 0.239. The molecule has 0 bridgehead atoms. The van der Waals surface area contributed by atoms with E-state index in [4.69, 9.17) is 23.2 Å². The molecular formula is C32H34Cl2F3N3O4S. The lowest BCUT2D eigenvalue weighted by atomic mass is 9.94. The summed E-state index contributed by atoms with van der Waals surface area (Å²) in [5.74, 6) is -1.26. The van der Waals surface area contributed by atoms with Crippen LogP contribution in [0.1, 0.15) is 48.8 Å². The molecule has 0 aromatic heterocycles. The zero-order chi connectivity index (χ0) is 32.8. The largest absolute Gasteiger partial charge is 0.416 e. The molecule has 1 N–H and O–H groups in total. The summed E-state index contributed by atoms with van der Waals surface area (Å²) in [6.45, 7) is -1.13. The number of hydrogen-bond acceptors (Lipinski definition) is 4. The number of carbonyl (C=O) groups is 2. The fraction of sp³-hybridized carbons (Fsp3) is 0.375. The van der Waals surface area contributed by atoms with Gasteiger partial charge in [0.05, 0.1) is 17.5 Å². The zero-order valence-electron chi connectivity index (χ0n) is 24.6. The van der Waals surface area contributed by atoms with E-state index in [0.29, 0.717) is 15.9 Å². The van der Waals surface area contributed by atoms with E-state index in [9.17, 15) is 31.2 Å². The van der Waals surface area contributed by atoms with Crippen LogP contribution in [0.4, 0.5) is 18.9 Å². The highest BCUT2D eigenvalue weighted by atomic mass is 35.5. The number of nitrogens with one attached hydrogen (secondary N) is 1. The molecule has 2 amide bonds. The van der Waals surface area contributed by atoms with Gasteiger partial charge in [0.1, 0.15) is 12.6 Å². The Hall–Kier alpha value is -3.28. The number of hydrogen-bond donors (Lipinski definition) is 1. The summed E-state index contributed by atoms with van der Waals surface area (Å²) < 4.78 is 67.0. The number of nitrogens with zero attached hydrogens (tertiary/aromatic N) is 2. The van der Waals surface area contributed by atoms with Gasteiger partial charge in [-0.15, -0.1) is 0 Å². The Balaban J connectivity index is 1.77. The summed E-state index contributed by atoms with van der Waals surface area (Å²) in [6.07, 6.45) is 0.666. The van der Waals surface area contributed by atoms with E-state index in [0.717, 1.165) is 56.1 Å². The minimum Gasteiger partial charge on any atom is -0.352 e. The van der Waals surface area contributed by atoms with E-state index in [1.807, 2.05) is 6.07 Å². The van der Waals surface area contributed by atoms with Gasteiger partial charge >= 0.3 is 6.18 Å². The SMILES string of the molecule is CS(=O)(=O)N(CC(=O)N(Cc1c(Cl)cccc1Cl)[C@@H](Cc1ccccc1)C(=O)NC1CCCCC1)c1cccc(C(F)(F)F)c1. The highest BCUT2D eigenvalue weighted by Crippen LogP contribution is 2.33. The van der Waals surface area contributed by atoms with Crippen LogP contribution in [0.3, 0.4) is 0 Å². The lowest BCUT2D eigenvalue weighted by molar-refractivity contribution is -0.140. The van der Waals surface area contributed by atoms with Crippen molar-refractivity contribution >= 4 is 50.7 Å². The van der Waals surface area contributed by atoms with Crippen LogP contribution >= 0.6 is 23.2 Å². The summed E-state index contributed by atoms with van der Waals surface area (Å²) in [6, 6.07) is 16.3. The van der Waals surface area contributed by atoms with E-state index in [2.05, 4.69) is 5.32 Å². The van der Waals surface area contributed by atoms with Crippen LogP contribution in [-0.4, -0.2) is 50.0 Å². The van der Waals surface area contributed by atoms with Crippen LogP contribution in [-0.2, 0) is 38.8 Å². The summed E-state index contributed by atoms with van der Waals surface area (Å²) in [7, 11) is -4.26. The lowest BCUT2D eigenvalue weighted by Crippen LogP contribution is -2.55. The molecule has 13 heteroatoms. The summed E-state index contributed by atoms with van der Waals surface area (Å²) in [4.78, 5) is 29.5. The minimum atomic E-state index is -4.74. The second-order valence-corrected chi connectivity index (χ2v) is 13.8. The molecule has 242 valence electrons. The normalized spacial score (nSPS) is 14.9. The van der Waals surface area contributed by atoms with Gasteiger partial charge in [0.2, 0.25) is 21.8 Å². The molecule has 3 aromatic rings. The second kappa shape index (κ2) is 14.9. The van der Waals surface area contributed by atoms with Crippen LogP contribution in [0.15, 0.2) is 72.8 Å². The van der Waals surface area contributed by atoms with E-state index in [1.165, 1.54) is 11.0 Å². The van der Waals surface area contributed by atoms with Gasteiger partial charge in [0.25, 0.3) is 0 Å². The van der Waals surface area contributed by atoms with Gasteiger partial charge in [-0.1, -0.05) is 84.9 Å². The minimum absolute atomic E-state index is 0.0790. The van der Waals surface area contributed by atoms with Crippen molar-refractivity contribution < 1.29 is 31.2 Å². The van der Waals surface area contributed by atoms with Crippen molar-refractivity contribution in [3.63, 3.8) is 0 Å². The van der Waals surface area contributed by atoms with Crippen molar-refractivity contribution in [2.24, 2.45) is 0 Å². The van der Waals surface area contributed by atoms with Gasteiger partial charge in [-0.3, -0.25) is 13.9 Å². The summed E-state index contributed by atoms with van der Waals surface area (Å²) in [5, 5.41) is 3.53. The van der Waals surface area contributed by atoms with Crippen LogP contribution in [0, 0.1) is 0 Å². The summed E-state index contributed by atoms with van der Waals surface area (Å²) >= 11 is 13.0. The van der Waals surface area contributed by atoms with Gasteiger partial charge in [-0.2, -0.15) is 13.2 Å². The number of sulfonamides is 1. The van der Waals surface area contributed by atoms with Crippen LogP contribution in [0.2, 0.25) is 10.0 Å². The van der Waals surface area contributed by atoms with Gasteiger partial charge in [-0.05, 0) is 48.7 Å². The number of benzene rings is 3. The molecule has 1 atom stereocenters. The van der Waals surface area contributed by atoms with E-state index in [-0.39, 0.29) is 34.7 Å². The Bertz CT molecular complexity index is 1580. The molecule has 0 radical (unpaired) electrons. The predicted octanol–water partition coefficient (Wildman–Crippen LogP) is 6.87.